The van der Waals surface area contributed by atoms with Gasteiger partial charge in [0.05, 0.1) is 37.6 Å². The number of ether oxygens (including phenoxy) is 2. The largest absolute Gasteiger partial charge is 0.481 e. The Morgan fingerprint density at radius 2 is 1.94 bits per heavy atom. The van der Waals surface area contributed by atoms with Crippen LogP contribution >= 0.6 is 0 Å². The molecule has 0 bridgehead atoms. The molecule has 5 rings (SSSR count). The predicted molar refractivity (Wildman–Crippen MR) is 116 cm³/mol. The van der Waals surface area contributed by atoms with Gasteiger partial charge in [-0.1, -0.05) is 6.07 Å². The van der Waals surface area contributed by atoms with Gasteiger partial charge < -0.3 is 14.6 Å². The van der Waals surface area contributed by atoms with Crippen LogP contribution < -0.4 is 19.7 Å². The average Bonchev–Trinajstić information content (AvgIpc) is 3.11. The third-order valence-corrected chi connectivity index (χ3v) is 6.02. The molecule has 1 fully saturated rings. The molecule has 2 aliphatic rings. The van der Waals surface area contributed by atoms with Crippen molar-refractivity contribution in [2.45, 2.75) is 30.7 Å². The van der Waals surface area contributed by atoms with E-state index in [-0.39, 0.29) is 40.7 Å². The van der Waals surface area contributed by atoms with Gasteiger partial charge in [0, 0.05) is 35.5 Å². The number of hydrogen-bond acceptors (Lipinski definition) is 8. The first-order valence-electron chi connectivity index (χ1n) is 10.5. The highest BCUT2D eigenvalue weighted by Crippen LogP contribution is 2.51. The van der Waals surface area contributed by atoms with E-state index in [0.717, 1.165) is 17.8 Å². The van der Waals surface area contributed by atoms with Crippen molar-refractivity contribution in [1.82, 2.24) is 19.9 Å². The van der Waals surface area contributed by atoms with E-state index in [1.165, 1.54) is 31.4 Å². The summed E-state index contributed by atoms with van der Waals surface area (Å²) >= 11 is 0. The molecule has 1 aliphatic heterocycles. The van der Waals surface area contributed by atoms with E-state index in [0.29, 0.717) is 6.42 Å². The smallest absolute Gasteiger partial charge is 0.417 e. The number of hydrogen-bond donors (Lipinski definition) is 2. The van der Waals surface area contributed by atoms with Crippen LogP contribution in [0.3, 0.4) is 0 Å². The molecule has 3 aromatic rings. The molecule has 182 valence electrons. The second-order valence-electron chi connectivity index (χ2n) is 8.05. The number of methoxy groups -OCH3 is 2. The van der Waals surface area contributed by atoms with Gasteiger partial charge in [0.25, 0.3) is 0 Å². The quantitative estimate of drug-likeness (QED) is 0.574. The lowest BCUT2D eigenvalue weighted by molar-refractivity contribution is -0.137. The molecule has 0 spiro atoms. The van der Waals surface area contributed by atoms with Crippen LogP contribution in [0.4, 0.5) is 29.6 Å². The number of amides is 2. The van der Waals surface area contributed by atoms with E-state index < -0.39 is 29.9 Å². The number of aliphatic hydroxyl groups is 1. The Balaban J connectivity index is 1.50. The van der Waals surface area contributed by atoms with E-state index in [4.69, 9.17) is 9.47 Å². The van der Waals surface area contributed by atoms with Gasteiger partial charge in [-0.05, 0) is 18.6 Å². The summed E-state index contributed by atoms with van der Waals surface area (Å²) in [6.45, 7) is 0. The Hall–Kier alpha value is -4.00. The minimum Gasteiger partial charge on any atom is -0.481 e. The standard InChI is InChI=1S/C22H19F3N6O4/c1-34-17-7-16(28-20(30-17)35-2)29-21(33)31-18-13(6-15(18)32)12-3-4-14(27-19(12)31)10-5-11(9-26-8-10)22(23,24)25/h3-5,7-9,13,15,18,32H,6H2,1-2H3,(H,28,29,30,33)/t13?,15-,18?/m1/s1. The fourth-order valence-electron chi connectivity index (χ4n) is 4.32. The number of aromatic nitrogens is 4. The summed E-state index contributed by atoms with van der Waals surface area (Å²) in [6.07, 6.45) is -2.91. The van der Waals surface area contributed by atoms with Crippen molar-refractivity contribution in [3.05, 3.63) is 47.8 Å². The third-order valence-electron chi connectivity index (χ3n) is 6.02. The highest BCUT2D eigenvalue weighted by atomic mass is 19.4. The van der Waals surface area contributed by atoms with Crippen LogP contribution in [0.5, 0.6) is 11.9 Å². The molecule has 2 amide bonds. The number of alkyl halides is 3. The molecule has 0 aromatic carbocycles. The van der Waals surface area contributed by atoms with Crippen molar-refractivity contribution in [2.75, 3.05) is 24.4 Å². The predicted octanol–water partition coefficient (Wildman–Crippen LogP) is 3.24. The van der Waals surface area contributed by atoms with Crippen molar-refractivity contribution >= 4 is 17.7 Å². The zero-order chi connectivity index (χ0) is 24.9. The lowest BCUT2D eigenvalue weighted by Crippen LogP contribution is -2.55. The van der Waals surface area contributed by atoms with Gasteiger partial charge in [-0.2, -0.15) is 23.1 Å². The van der Waals surface area contributed by atoms with Crippen molar-refractivity contribution in [2.24, 2.45) is 0 Å². The highest BCUT2D eigenvalue weighted by molar-refractivity contribution is 6.03. The first kappa shape index (κ1) is 22.8. The van der Waals surface area contributed by atoms with Crippen LogP contribution in [0.1, 0.15) is 23.5 Å². The number of fused-ring (bicyclic) bond motifs is 3. The average molecular weight is 488 g/mol. The van der Waals surface area contributed by atoms with Gasteiger partial charge in [-0.25, -0.2) is 9.78 Å². The molecular weight excluding hydrogens is 469 g/mol. The van der Waals surface area contributed by atoms with Crippen LogP contribution in [0.25, 0.3) is 11.3 Å². The van der Waals surface area contributed by atoms with Gasteiger partial charge in [-0.3, -0.25) is 15.2 Å². The SMILES string of the molecule is COc1cc(NC(=O)N2c3nc(-c4cncc(C(F)(F)F)c4)ccc3C3C[C@@H](O)C32)nc(OC)n1. The molecule has 4 heterocycles. The number of aliphatic hydroxyl groups excluding tert-OH is 1. The Bertz CT molecular complexity index is 1280. The van der Waals surface area contributed by atoms with Gasteiger partial charge in [0.2, 0.25) is 5.88 Å². The van der Waals surface area contributed by atoms with Gasteiger partial charge in [-0.15, -0.1) is 0 Å². The second-order valence-corrected chi connectivity index (χ2v) is 8.05. The van der Waals surface area contributed by atoms with E-state index in [2.05, 4.69) is 25.3 Å². The Labute approximate surface area is 196 Å². The molecule has 35 heavy (non-hydrogen) atoms. The Morgan fingerprint density at radius 1 is 1.14 bits per heavy atom. The van der Waals surface area contributed by atoms with Crippen molar-refractivity contribution < 1.29 is 32.5 Å². The van der Waals surface area contributed by atoms with Crippen LogP contribution in [-0.4, -0.2) is 57.4 Å². The van der Waals surface area contributed by atoms with E-state index in [1.807, 2.05) is 0 Å². The molecule has 1 saturated carbocycles. The number of halogens is 3. The Kier molecular flexibility index (Phi) is 5.43. The number of rotatable bonds is 4. The molecule has 0 saturated heterocycles. The Morgan fingerprint density at radius 3 is 2.63 bits per heavy atom. The molecule has 2 unspecified atom stereocenters. The molecule has 13 heteroatoms. The van der Waals surface area contributed by atoms with E-state index in [9.17, 15) is 23.1 Å². The molecule has 2 N–H and O–H groups in total. The summed E-state index contributed by atoms with van der Waals surface area (Å²) in [4.78, 5) is 30.8. The number of urea groups is 1. The first-order chi connectivity index (χ1) is 16.7. The molecule has 0 radical (unpaired) electrons. The van der Waals surface area contributed by atoms with Crippen LogP contribution in [-0.2, 0) is 6.18 Å². The fraction of sp³-hybridized carbons (Fsp3) is 0.318. The number of carbonyl (C=O) groups is 1. The summed E-state index contributed by atoms with van der Waals surface area (Å²) in [5.74, 6) is 0.349. The van der Waals surface area contributed by atoms with E-state index in [1.54, 1.807) is 12.1 Å². The number of carbonyl (C=O) groups excluding carboxylic acids is 1. The van der Waals surface area contributed by atoms with E-state index >= 15 is 0 Å². The van der Waals surface area contributed by atoms with Crippen LogP contribution in [0.2, 0.25) is 0 Å². The summed E-state index contributed by atoms with van der Waals surface area (Å²) < 4.78 is 49.6. The minimum atomic E-state index is -4.56. The number of pyridine rings is 2. The fourth-order valence-corrected chi connectivity index (χ4v) is 4.32. The highest BCUT2D eigenvalue weighted by Gasteiger charge is 2.54. The summed E-state index contributed by atoms with van der Waals surface area (Å²) in [5, 5.41) is 13.0. The second kappa shape index (κ2) is 8.34. The molecule has 3 atom stereocenters. The topological polar surface area (TPSA) is 123 Å². The number of nitrogens with zero attached hydrogens (tertiary/aromatic N) is 5. The zero-order valence-corrected chi connectivity index (χ0v) is 18.4. The lowest BCUT2D eigenvalue weighted by Gasteiger charge is -2.40. The first-order valence-corrected chi connectivity index (χ1v) is 10.5. The van der Waals surface area contributed by atoms with Gasteiger partial charge in [0.1, 0.15) is 11.6 Å². The lowest BCUT2D eigenvalue weighted by atomic mass is 9.75. The number of nitrogens with one attached hydrogen (secondary N) is 1. The van der Waals surface area contributed by atoms with Crippen molar-refractivity contribution in [3.8, 4) is 23.1 Å². The summed E-state index contributed by atoms with van der Waals surface area (Å²) in [5.41, 5.74) is 0.167. The maximum atomic E-state index is 13.3. The monoisotopic (exact) mass is 488 g/mol. The maximum absolute atomic E-state index is 13.3. The molecule has 10 nitrogen and oxygen atoms in total. The van der Waals surface area contributed by atoms with Gasteiger partial charge >= 0.3 is 18.2 Å². The van der Waals surface area contributed by atoms with Crippen molar-refractivity contribution in [1.29, 1.82) is 0 Å². The summed E-state index contributed by atoms with van der Waals surface area (Å²) in [6, 6.07) is 4.41. The number of anilines is 2. The normalized spacial score (nSPS) is 20.5. The zero-order valence-electron chi connectivity index (χ0n) is 18.4. The molecule has 1 aliphatic carbocycles. The van der Waals surface area contributed by atoms with Crippen LogP contribution in [0, 0.1) is 0 Å². The van der Waals surface area contributed by atoms with Crippen molar-refractivity contribution in [3.63, 3.8) is 0 Å². The maximum Gasteiger partial charge on any atom is 0.417 e. The van der Waals surface area contributed by atoms with Crippen LogP contribution in [0.15, 0.2) is 36.7 Å². The third kappa shape index (κ3) is 3.97. The molecular formula is C22H19F3N6O4. The minimum absolute atomic E-state index is 0.0273. The van der Waals surface area contributed by atoms with Gasteiger partial charge in [0.15, 0.2) is 0 Å². The molecule has 3 aromatic heterocycles. The summed E-state index contributed by atoms with van der Waals surface area (Å²) in [7, 11) is 2.76.